The van der Waals surface area contributed by atoms with E-state index in [0.717, 1.165) is 24.4 Å². The van der Waals surface area contributed by atoms with Gasteiger partial charge in [0, 0.05) is 22.9 Å². The quantitative estimate of drug-likeness (QED) is 0.318. The predicted octanol–water partition coefficient (Wildman–Crippen LogP) is 3.30. The van der Waals surface area contributed by atoms with Crippen LogP contribution in [0.2, 0.25) is 0 Å². The number of urea groups is 1. The number of amides is 6. The van der Waals surface area contributed by atoms with Gasteiger partial charge >= 0.3 is 12.2 Å². The molecule has 2 aromatic carbocycles. The number of anilines is 2. The van der Waals surface area contributed by atoms with E-state index in [4.69, 9.17) is 0 Å². The maximum atomic E-state index is 13.0. The van der Waals surface area contributed by atoms with Gasteiger partial charge in [-0.25, -0.2) is 15.1 Å². The van der Waals surface area contributed by atoms with Crippen molar-refractivity contribution in [2.75, 3.05) is 10.2 Å². The second-order valence-corrected chi connectivity index (χ2v) is 8.99. The summed E-state index contributed by atoms with van der Waals surface area (Å²) in [7, 11) is 0. The number of alkyl halides is 3. The Morgan fingerprint density at radius 3 is 2.27 bits per heavy atom. The standard InChI is InChI=1S/C24H22F3N5O5/c1-23(2,3)21(36)29-15-9-7-13(8-10-15)18(33)31-28-12-17-19(34)30-22(37)32(20(17)35)16-6-4-5-14(11-16)24(25,26)27/h4-12,17H,1-3H3,(H,29,36)(H,31,33)(H,30,34,37)/b28-12-/t17-/m1/s1. The maximum Gasteiger partial charge on any atom is 0.416 e. The molecule has 0 bridgehead atoms. The first-order chi connectivity index (χ1) is 17.2. The maximum absolute atomic E-state index is 13.0. The van der Waals surface area contributed by atoms with Crippen molar-refractivity contribution in [1.82, 2.24) is 10.7 Å². The van der Waals surface area contributed by atoms with Gasteiger partial charge in [-0.2, -0.15) is 18.3 Å². The Labute approximate surface area is 208 Å². The Balaban J connectivity index is 1.70. The lowest BCUT2D eigenvalue weighted by Crippen LogP contribution is -2.58. The predicted molar refractivity (Wildman–Crippen MR) is 126 cm³/mol. The summed E-state index contributed by atoms with van der Waals surface area (Å²) in [6, 6.07) is 8.08. The first-order valence-corrected chi connectivity index (χ1v) is 10.8. The van der Waals surface area contributed by atoms with Gasteiger partial charge in [0.15, 0.2) is 5.92 Å². The number of imide groups is 2. The molecule has 2 aromatic rings. The smallest absolute Gasteiger partial charge is 0.326 e. The largest absolute Gasteiger partial charge is 0.416 e. The summed E-state index contributed by atoms with van der Waals surface area (Å²) in [6.45, 7) is 5.23. The number of carbonyl (C=O) groups excluding carboxylic acids is 5. The number of hydrogen-bond donors (Lipinski definition) is 3. The fraction of sp³-hybridized carbons (Fsp3) is 0.250. The van der Waals surface area contributed by atoms with Crippen LogP contribution >= 0.6 is 0 Å². The third-order valence-corrected chi connectivity index (χ3v) is 5.11. The second kappa shape index (κ2) is 10.2. The van der Waals surface area contributed by atoms with Gasteiger partial charge in [0.1, 0.15) is 0 Å². The second-order valence-electron chi connectivity index (χ2n) is 8.99. The van der Waals surface area contributed by atoms with Crippen LogP contribution in [-0.4, -0.2) is 35.9 Å². The van der Waals surface area contributed by atoms with E-state index in [-0.39, 0.29) is 11.5 Å². The third-order valence-electron chi connectivity index (χ3n) is 5.11. The molecule has 1 saturated heterocycles. The van der Waals surface area contributed by atoms with E-state index in [1.165, 1.54) is 24.3 Å². The lowest BCUT2D eigenvalue weighted by Gasteiger charge is -2.28. The van der Waals surface area contributed by atoms with Gasteiger partial charge in [0.2, 0.25) is 11.8 Å². The van der Waals surface area contributed by atoms with E-state index in [0.29, 0.717) is 16.7 Å². The van der Waals surface area contributed by atoms with Crippen LogP contribution in [-0.2, 0) is 20.6 Å². The van der Waals surface area contributed by atoms with E-state index < -0.39 is 52.5 Å². The zero-order valence-electron chi connectivity index (χ0n) is 19.8. The zero-order valence-corrected chi connectivity index (χ0v) is 19.8. The summed E-state index contributed by atoms with van der Waals surface area (Å²) in [6.07, 6.45) is -3.96. The molecule has 1 aliphatic heterocycles. The average Bonchev–Trinajstić information content (AvgIpc) is 2.80. The van der Waals surface area contributed by atoms with Gasteiger partial charge in [-0.3, -0.25) is 24.5 Å². The molecule has 1 aliphatic rings. The molecule has 6 amide bonds. The van der Waals surface area contributed by atoms with Gasteiger partial charge in [0.05, 0.1) is 11.3 Å². The Morgan fingerprint density at radius 2 is 1.68 bits per heavy atom. The minimum Gasteiger partial charge on any atom is -0.326 e. The van der Waals surface area contributed by atoms with Gasteiger partial charge in [-0.05, 0) is 42.5 Å². The minimum atomic E-state index is -4.72. The highest BCUT2D eigenvalue weighted by Crippen LogP contribution is 2.32. The van der Waals surface area contributed by atoms with Crippen LogP contribution in [0.15, 0.2) is 53.6 Å². The first-order valence-electron chi connectivity index (χ1n) is 10.8. The molecule has 194 valence electrons. The Hall–Kier alpha value is -4.55. The van der Waals surface area contributed by atoms with E-state index in [1.807, 2.05) is 5.32 Å². The highest BCUT2D eigenvalue weighted by molar-refractivity contribution is 6.32. The minimum absolute atomic E-state index is 0.145. The van der Waals surface area contributed by atoms with Crippen molar-refractivity contribution in [3.63, 3.8) is 0 Å². The van der Waals surface area contributed by atoms with Gasteiger partial charge in [0.25, 0.3) is 11.8 Å². The van der Waals surface area contributed by atoms with Crippen molar-refractivity contribution in [3.05, 3.63) is 59.7 Å². The number of halogens is 3. The average molecular weight is 517 g/mol. The van der Waals surface area contributed by atoms with Gasteiger partial charge in [-0.15, -0.1) is 0 Å². The zero-order chi connectivity index (χ0) is 27.5. The molecular weight excluding hydrogens is 495 g/mol. The SMILES string of the molecule is CC(C)(C)C(=O)Nc1ccc(C(=O)N/N=C\[C@@H]2C(=O)NC(=O)N(c3cccc(C(F)(F)F)c3)C2=O)cc1. The molecule has 0 radical (unpaired) electrons. The molecule has 1 fully saturated rings. The van der Waals surface area contributed by atoms with Crippen LogP contribution in [0.25, 0.3) is 0 Å². The molecule has 10 nitrogen and oxygen atoms in total. The number of hydrazone groups is 1. The number of nitrogens with one attached hydrogen (secondary N) is 3. The normalized spacial score (nSPS) is 16.5. The lowest BCUT2D eigenvalue weighted by atomic mass is 9.95. The molecule has 3 rings (SSSR count). The molecule has 3 N–H and O–H groups in total. The Kier molecular flexibility index (Phi) is 7.46. The number of rotatable bonds is 5. The topological polar surface area (TPSA) is 137 Å². The van der Waals surface area contributed by atoms with Crippen molar-refractivity contribution in [3.8, 4) is 0 Å². The molecule has 13 heteroatoms. The van der Waals surface area contributed by atoms with Crippen LogP contribution in [0.1, 0.15) is 36.7 Å². The van der Waals surface area contributed by atoms with Crippen LogP contribution in [0, 0.1) is 11.3 Å². The monoisotopic (exact) mass is 517 g/mol. The Morgan fingerprint density at radius 1 is 1.03 bits per heavy atom. The van der Waals surface area contributed by atoms with E-state index in [9.17, 15) is 37.1 Å². The van der Waals surface area contributed by atoms with E-state index >= 15 is 0 Å². The molecule has 0 unspecified atom stereocenters. The van der Waals surface area contributed by atoms with E-state index in [2.05, 4.69) is 15.8 Å². The number of carbonyl (C=O) groups is 5. The summed E-state index contributed by atoms with van der Waals surface area (Å²) >= 11 is 0. The summed E-state index contributed by atoms with van der Waals surface area (Å²) in [5.74, 6) is -4.83. The fourth-order valence-electron chi connectivity index (χ4n) is 3.05. The van der Waals surface area contributed by atoms with Crippen molar-refractivity contribution in [2.45, 2.75) is 26.9 Å². The molecule has 1 heterocycles. The lowest BCUT2D eigenvalue weighted by molar-refractivity contribution is -0.138. The molecular formula is C24H22F3N5O5. The van der Waals surface area contributed by atoms with Crippen molar-refractivity contribution < 1.29 is 37.1 Å². The third kappa shape index (κ3) is 6.37. The number of benzene rings is 2. The Bertz CT molecular complexity index is 1280. The van der Waals surface area contributed by atoms with Crippen LogP contribution < -0.4 is 21.0 Å². The van der Waals surface area contributed by atoms with Gasteiger partial charge < -0.3 is 5.32 Å². The number of barbiturate groups is 1. The molecule has 1 atom stereocenters. The van der Waals surface area contributed by atoms with E-state index in [1.54, 1.807) is 20.8 Å². The fourth-order valence-corrected chi connectivity index (χ4v) is 3.05. The van der Waals surface area contributed by atoms with Gasteiger partial charge in [-0.1, -0.05) is 26.8 Å². The highest BCUT2D eigenvalue weighted by Gasteiger charge is 2.41. The van der Waals surface area contributed by atoms with Crippen molar-refractivity contribution in [1.29, 1.82) is 0 Å². The molecule has 0 saturated carbocycles. The number of nitrogens with zero attached hydrogens (tertiary/aromatic N) is 2. The summed E-state index contributed by atoms with van der Waals surface area (Å²) in [5, 5.41) is 8.17. The van der Waals surface area contributed by atoms with Crippen LogP contribution in [0.4, 0.5) is 29.3 Å². The highest BCUT2D eigenvalue weighted by atomic mass is 19.4. The summed E-state index contributed by atoms with van der Waals surface area (Å²) < 4.78 is 39.1. The van der Waals surface area contributed by atoms with Crippen LogP contribution in [0.5, 0.6) is 0 Å². The summed E-state index contributed by atoms with van der Waals surface area (Å²) in [4.78, 5) is 61.9. The van der Waals surface area contributed by atoms with Crippen molar-refractivity contribution in [2.24, 2.45) is 16.4 Å². The first kappa shape index (κ1) is 27.0. The van der Waals surface area contributed by atoms with Crippen LogP contribution in [0.3, 0.4) is 0 Å². The molecule has 0 aromatic heterocycles. The molecule has 0 aliphatic carbocycles. The summed E-state index contributed by atoms with van der Waals surface area (Å²) in [5.41, 5.74) is 0.625. The number of hydrogen-bond acceptors (Lipinski definition) is 6. The molecule has 0 spiro atoms. The molecule has 37 heavy (non-hydrogen) atoms. The van der Waals surface area contributed by atoms with Crippen molar-refractivity contribution >= 4 is 47.2 Å².